The highest BCUT2D eigenvalue weighted by molar-refractivity contribution is 7.98. The molecule has 178 valence electrons. The second kappa shape index (κ2) is 22.8. The molecule has 0 bridgehead atoms. The lowest BCUT2D eigenvalue weighted by molar-refractivity contribution is -0.129. The summed E-state index contributed by atoms with van der Waals surface area (Å²) in [5, 5.41) is 2.87. The third-order valence-electron chi connectivity index (χ3n) is 5.46. The molecule has 0 aromatic rings. The van der Waals surface area contributed by atoms with Crippen LogP contribution in [0.2, 0.25) is 0 Å². The first kappa shape index (κ1) is 29.1. The van der Waals surface area contributed by atoms with Gasteiger partial charge in [-0.25, -0.2) is 4.79 Å². The van der Waals surface area contributed by atoms with Crippen LogP contribution in [0.1, 0.15) is 116 Å². The zero-order valence-electron chi connectivity index (χ0n) is 19.7. The van der Waals surface area contributed by atoms with Crippen LogP contribution in [0.3, 0.4) is 0 Å². The number of unbranched alkanes of at least 4 members (excludes halogenated alkanes) is 15. The zero-order valence-corrected chi connectivity index (χ0v) is 20.5. The number of nitrogens with two attached hydrogens (primary N) is 1. The molecular weight excluding hydrogens is 396 g/mol. The van der Waals surface area contributed by atoms with Gasteiger partial charge in [-0.3, -0.25) is 4.79 Å². The third kappa shape index (κ3) is 20.4. The molecule has 0 aromatic carbocycles. The van der Waals surface area contributed by atoms with Gasteiger partial charge in [-0.1, -0.05) is 103 Å². The molecule has 0 radical (unpaired) electrons. The quantitative estimate of drug-likeness (QED) is 0.185. The van der Waals surface area contributed by atoms with Gasteiger partial charge in [0.15, 0.2) is 6.10 Å². The molecule has 0 aliphatic heterocycles. The highest BCUT2D eigenvalue weighted by atomic mass is 32.2. The number of thioether (sulfide) groups is 1. The Bertz CT molecular complexity index is 408. The molecule has 0 aromatic heterocycles. The number of ether oxygens (including phenoxy) is 1. The van der Waals surface area contributed by atoms with Crippen molar-refractivity contribution in [3.05, 3.63) is 0 Å². The van der Waals surface area contributed by atoms with Crippen LogP contribution in [0.15, 0.2) is 0 Å². The maximum Gasteiger partial charge on any atom is 0.405 e. The Hall–Kier alpha value is -0.910. The molecular formula is C24H48N2O3S. The van der Waals surface area contributed by atoms with E-state index in [4.69, 9.17) is 10.5 Å². The molecule has 1 unspecified atom stereocenters. The van der Waals surface area contributed by atoms with E-state index in [9.17, 15) is 9.59 Å². The summed E-state index contributed by atoms with van der Waals surface area (Å²) in [6.07, 6.45) is 22.1. The number of primary amides is 1. The van der Waals surface area contributed by atoms with E-state index in [1.165, 1.54) is 89.9 Å². The lowest BCUT2D eigenvalue weighted by Gasteiger charge is -2.15. The summed E-state index contributed by atoms with van der Waals surface area (Å²) in [5.41, 5.74) is 5.05. The SMILES string of the molecule is CCCCCCCCCCCCCCCCCCNC(=O)C(CCSC)OC(N)=O. The van der Waals surface area contributed by atoms with Crippen molar-refractivity contribution >= 4 is 23.8 Å². The van der Waals surface area contributed by atoms with E-state index in [1.54, 1.807) is 11.8 Å². The van der Waals surface area contributed by atoms with E-state index in [1.807, 2.05) is 6.26 Å². The minimum Gasteiger partial charge on any atom is -0.436 e. The van der Waals surface area contributed by atoms with Crippen molar-refractivity contribution in [3.63, 3.8) is 0 Å². The van der Waals surface area contributed by atoms with Crippen molar-refractivity contribution in [1.29, 1.82) is 0 Å². The number of carbonyl (C=O) groups is 2. The van der Waals surface area contributed by atoms with Gasteiger partial charge >= 0.3 is 6.09 Å². The zero-order chi connectivity index (χ0) is 22.3. The first-order valence-electron chi connectivity index (χ1n) is 12.3. The molecule has 0 fully saturated rings. The molecule has 2 amide bonds. The molecule has 1 atom stereocenters. The van der Waals surface area contributed by atoms with Crippen molar-refractivity contribution in [3.8, 4) is 0 Å². The fraction of sp³-hybridized carbons (Fsp3) is 0.917. The van der Waals surface area contributed by atoms with Gasteiger partial charge in [-0.15, -0.1) is 0 Å². The number of rotatable bonds is 22. The van der Waals surface area contributed by atoms with Gasteiger partial charge in [0.1, 0.15) is 0 Å². The molecule has 0 spiro atoms. The Morgan fingerprint density at radius 2 is 1.23 bits per heavy atom. The Balaban J connectivity index is 3.40. The number of carbonyl (C=O) groups excluding carboxylic acids is 2. The van der Waals surface area contributed by atoms with E-state index in [0.717, 1.165) is 18.6 Å². The summed E-state index contributed by atoms with van der Waals surface area (Å²) in [6.45, 7) is 2.91. The summed E-state index contributed by atoms with van der Waals surface area (Å²) in [4.78, 5) is 23.0. The molecule has 0 aliphatic carbocycles. The van der Waals surface area contributed by atoms with Crippen molar-refractivity contribution in [2.24, 2.45) is 5.73 Å². The molecule has 0 rings (SSSR count). The second-order valence-corrected chi connectivity index (χ2v) is 9.29. The Labute approximate surface area is 190 Å². The average Bonchev–Trinajstić information content (AvgIpc) is 2.72. The van der Waals surface area contributed by atoms with Gasteiger partial charge in [-0.05, 0) is 18.4 Å². The lowest BCUT2D eigenvalue weighted by Crippen LogP contribution is -2.39. The van der Waals surface area contributed by atoms with Crippen LogP contribution < -0.4 is 11.1 Å². The smallest absolute Gasteiger partial charge is 0.405 e. The Morgan fingerprint density at radius 3 is 1.63 bits per heavy atom. The topological polar surface area (TPSA) is 81.4 Å². The van der Waals surface area contributed by atoms with Gasteiger partial charge in [0.05, 0.1) is 0 Å². The Kier molecular flexibility index (Phi) is 22.1. The van der Waals surface area contributed by atoms with Gasteiger partial charge in [0, 0.05) is 13.0 Å². The average molecular weight is 445 g/mol. The minimum atomic E-state index is -0.890. The summed E-state index contributed by atoms with van der Waals surface area (Å²) < 4.78 is 4.91. The van der Waals surface area contributed by atoms with Crippen LogP contribution in [-0.4, -0.2) is 36.7 Å². The van der Waals surface area contributed by atoms with Gasteiger partial charge < -0.3 is 15.8 Å². The molecule has 0 aliphatic rings. The fourth-order valence-electron chi connectivity index (χ4n) is 3.61. The van der Waals surface area contributed by atoms with Crippen LogP contribution >= 0.6 is 11.8 Å². The lowest BCUT2D eigenvalue weighted by atomic mass is 10.0. The molecule has 6 heteroatoms. The monoisotopic (exact) mass is 444 g/mol. The van der Waals surface area contributed by atoms with Crippen LogP contribution in [0.25, 0.3) is 0 Å². The standard InChI is InChI=1S/C24H48N2O3S/c1-3-4-5-6-7-8-9-10-11-12-13-14-15-16-17-18-20-26-23(27)22(19-21-30-2)29-24(25)28/h22H,3-21H2,1-2H3,(H2,25,28)(H,26,27). The number of hydrogen-bond donors (Lipinski definition) is 2. The summed E-state index contributed by atoms with van der Waals surface area (Å²) in [5.74, 6) is 0.522. The van der Waals surface area contributed by atoms with Gasteiger partial charge in [0.2, 0.25) is 0 Å². The molecule has 30 heavy (non-hydrogen) atoms. The maximum atomic E-state index is 12.1. The molecule has 0 saturated carbocycles. The van der Waals surface area contributed by atoms with Crippen molar-refractivity contribution in [2.75, 3.05) is 18.6 Å². The normalized spacial score (nSPS) is 11.9. The highest BCUT2D eigenvalue weighted by Gasteiger charge is 2.20. The molecule has 3 N–H and O–H groups in total. The van der Waals surface area contributed by atoms with Gasteiger partial charge in [0.25, 0.3) is 5.91 Å². The predicted octanol–water partition coefficient (Wildman–Crippen LogP) is 6.58. The van der Waals surface area contributed by atoms with Crippen molar-refractivity contribution in [1.82, 2.24) is 5.32 Å². The number of amides is 2. The maximum absolute atomic E-state index is 12.1. The fourth-order valence-corrected chi connectivity index (χ4v) is 4.06. The van der Waals surface area contributed by atoms with Crippen LogP contribution in [0.4, 0.5) is 4.79 Å². The van der Waals surface area contributed by atoms with E-state index >= 15 is 0 Å². The van der Waals surface area contributed by atoms with Crippen LogP contribution in [-0.2, 0) is 9.53 Å². The van der Waals surface area contributed by atoms with E-state index in [0.29, 0.717) is 13.0 Å². The summed E-state index contributed by atoms with van der Waals surface area (Å²) in [7, 11) is 0. The highest BCUT2D eigenvalue weighted by Crippen LogP contribution is 2.13. The largest absolute Gasteiger partial charge is 0.436 e. The summed E-state index contributed by atoms with van der Waals surface area (Å²) in [6, 6.07) is 0. The van der Waals surface area contributed by atoms with Crippen molar-refractivity contribution in [2.45, 2.75) is 122 Å². The van der Waals surface area contributed by atoms with E-state index in [2.05, 4.69) is 12.2 Å². The van der Waals surface area contributed by atoms with E-state index < -0.39 is 12.2 Å². The summed E-state index contributed by atoms with van der Waals surface area (Å²) >= 11 is 1.61. The first-order chi connectivity index (χ1) is 14.6. The second-order valence-electron chi connectivity index (χ2n) is 8.30. The Morgan fingerprint density at radius 1 is 0.800 bits per heavy atom. The third-order valence-corrected chi connectivity index (χ3v) is 6.11. The minimum absolute atomic E-state index is 0.233. The molecule has 5 nitrogen and oxygen atoms in total. The number of hydrogen-bond acceptors (Lipinski definition) is 4. The van der Waals surface area contributed by atoms with E-state index in [-0.39, 0.29) is 5.91 Å². The van der Waals surface area contributed by atoms with Crippen LogP contribution in [0.5, 0.6) is 0 Å². The van der Waals surface area contributed by atoms with Gasteiger partial charge in [-0.2, -0.15) is 11.8 Å². The van der Waals surface area contributed by atoms with Crippen LogP contribution in [0, 0.1) is 0 Å². The molecule has 0 saturated heterocycles. The number of nitrogens with one attached hydrogen (secondary N) is 1. The molecule has 0 heterocycles. The predicted molar refractivity (Wildman–Crippen MR) is 130 cm³/mol. The van der Waals surface area contributed by atoms with Crippen molar-refractivity contribution < 1.29 is 14.3 Å². The first-order valence-corrected chi connectivity index (χ1v) is 13.7.